The van der Waals surface area contributed by atoms with E-state index in [0.29, 0.717) is 5.69 Å². The fourth-order valence-electron chi connectivity index (χ4n) is 1.79. The first kappa shape index (κ1) is 16.0. The van der Waals surface area contributed by atoms with E-state index in [9.17, 15) is 12.8 Å². The van der Waals surface area contributed by atoms with Gasteiger partial charge in [-0.25, -0.2) is 12.8 Å². The highest BCUT2D eigenvalue weighted by Gasteiger charge is 2.25. The molecule has 2 rings (SSSR count). The van der Waals surface area contributed by atoms with Gasteiger partial charge in [0.25, 0.3) is 10.0 Å². The number of aromatic nitrogens is 2. The summed E-state index contributed by atoms with van der Waals surface area (Å²) in [5, 5.41) is 6.04. The van der Waals surface area contributed by atoms with Gasteiger partial charge in [-0.15, -0.1) is 0 Å². The number of hydrogen-bond donors (Lipinski definition) is 3. The Bertz CT molecular complexity index is 769. The highest BCUT2D eigenvalue weighted by atomic mass is 35.5. The summed E-state index contributed by atoms with van der Waals surface area (Å²) in [5.41, 5.74) is 5.84. The van der Waals surface area contributed by atoms with Crippen LogP contribution in [0.15, 0.2) is 17.0 Å². The van der Waals surface area contributed by atoms with E-state index in [0.717, 1.165) is 12.1 Å². The Kier molecular flexibility index (Phi) is 4.43. The van der Waals surface area contributed by atoms with Crippen molar-refractivity contribution in [2.75, 3.05) is 4.72 Å². The van der Waals surface area contributed by atoms with E-state index in [1.54, 1.807) is 0 Å². The second-order valence-electron chi connectivity index (χ2n) is 4.18. The zero-order valence-corrected chi connectivity index (χ0v) is 13.1. The molecular formula is C11H11Cl2FN4O2S. The number of H-pyrrole nitrogens is 1. The number of nitrogens with two attached hydrogens (primary N) is 1. The van der Waals surface area contributed by atoms with Crippen LogP contribution in [-0.4, -0.2) is 18.6 Å². The van der Waals surface area contributed by atoms with Gasteiger partial charge in [-0.05, 0) is 19.1 Å². The zero-order chi connectivity index (χ0) is 15.8. The number of halogens is 3. The summed E-state index contributed by atoms with van der Waals surface area (Å²) in [7, 11) is -4.02. The third kappa shape index (κ3) is 3.13. The van der Waals surface area contributed by atoms with Gasteiger partial charge in [-0.2, -0.15) is 5.10 Å². The molecule has 1 heterocycles. The first-order valence-electron chi connectivity index (χ1n) is 5.67. The lowest BCUT2D eigenvalue weighted by atomic mass is 10.3. The van der Waals surface area contributed by atoms with Gasteiger partial charge in [-0.1, -0.05) is 23.2 Å². The van der Waals surface area contributed by atoms with Gasteiger partial charge in [0, 0.05) is 6.54 Å². The van der Waals surface area contributed by atoms with Crippen molar-refractivity contribution >= 4 is 38.9 Å². The van der Waals surface area contributed by atoms with Crippen LogP contribution in [0.2, 0.25) is 10.0 Å². The summed E-state index contributed by atoms with van der Waals surface area (Å²) in [6, 6.07) is 1.91. The summed E-state index contributed by atoms with van der Waals surface area (Å²) in [5.74, 6) is -0.671. The lowest BCUT2D eigenvalue weighted by Gasteiger charge is -2.12. The number of aryl methyl sites for hydroxylation is 1. The predicted molar refractivity (Wildman–Crippen MR) is 78.4 cm³/mol. The molecule has 6 nitrogen and oxygen atoms in total. The van der Waals surface area contributed by atoms with E-state index in [4.69, 9.17) is 28.9 Å². The first-order valence-corrected chi connectivity index (χ1v) is 7.91. The molecule has 0 amide bonds. The van der Waals surface area contributed by atoms with Crippen molar-refractivity contribution in [1.82, 2.24) is 10.2 Å². The molecule has 0 spiro atoms. The summed E-state index contributed by atoms with van der Waals surface area (Å²) in [4.78, 5) is -0.0820. The Morgan fingerprint density at radius 2 is 1.95 bits per heavy atom. The number of nitrogens with zero attached hydrogens (tertiary/aromatic N) is 1. The molecule has 0 atom stereocenters. The maximum Gasteiger partial charge on any atom is 0.265 e. The first-order chi connectivity index (χ1) is 9.76. The Balaban J connectivity index is 2.50. The largest absolute Gasteiger partial charge is 0.325 e. The molecule has 0 saturated carbocycles. The smallest absolute Gasteiger partial charge is 0.265 e. The van der Waals surface area contributed by atoms with Crippen LogP contribution < -0.4 is 10.5 Å². The van der Waals surface area contributed by atoms with Crippen molar-refractivity contribution in [1.29, 1.82) is 0 Å². The Labute approximate surface area is 130 Å². The van der Waals surface area contributed by atoms with Gasteiger partial charge in [-0.3, -0.25) is 9.82 Å². The molecule has 4 N–H and O–H groups in total. The summed E-state index contributed by atoms with van der Waals surface area (Å²) in [6.07, 6.45) is 0. The summed E-state index contributed by atoms with van der Waals surface area (Å²) in [6.45, 7) is 1.47. The van der Waals surface area contributed by atoms with E-state index < -0.39 is 15.8 Å². The molecule has 1 aromatic heterocycles. The quantitative estimate of drug-likeness (QED) is 0.786. The number of anilines is 1. The fourth-order valence-corrected chi connectivity index (χ4v) is 3.93. The van der Waals surface area contributed by atoms with E-state index >= 15 is 0 Å². The van der Waals surface area contributed by atoms with Crippen molar-refractivity contribution < 1.29 is 12.8 Å². The fraction of sp³-hybridized carbons (Fsp3) is 0.182. The van der Waals surface area contributed by atoms with Gasteiger partial charge in [0.15, 0.2) is 0 Å². The molecule has 0 unspecified atom stereocenters. The van der Waals surface area contributed by atoms with Gasteiger partial charge in [0.05, 0.1) is 27.1 Å². The second kappa shape index (κ2) is 5.80. The van der Waals surface area contributed by atoms with E-state index in [1.165, 1.54) is 6.92 Å². The van der Waals surface area contributed by atoms with Gasteiger partial charge < -0.3 is 5.73 Å². The van der Waals surface area contributed by atoms with Crippen LogP contribution in [0.25, 0.3) is 0 Å². The van der Waals surface area contributed by atoms with Crippen LogP contribution in [0.1, 0.15) is 11.4 Å². The molecule has 0 radical (unpaired) electrons. The van der Waals surface area contributed by atoms with Crippen LogP contribution in [-0.2, 0) is 16.6 Å². The van der Waals surface area contributed by atoms with Crippen LogP contribution in [0.5, 0.6) is 0 Å². The molecule has 0 saturated heterocycles. The Morgan fingerprint density at radius 1 is 1.38 bits per heavy atom. The molecule has 1 aromatic carbocycles. The number of benzene rings is 1. The highest BCUT2D eigenvalue weighted by molar-refractivity contribution is 7.92. The average molecular weight is 353 g/mol. The number of hydrogen-bond acceptors (Lipinski definition) is 4. The van der Waals surface area contributed by atoms with Crippen molar-refractivity contribution in [2.45, 2.75) is 18.4 Å². The molecule has 2 aromatic rings. The van der Waals surface area contributed by atoms with Crippen molar-refractivity contribution in [2.24, 2.45) is 5.73 Å². The average Bonchev–Trinajstić information content (AvgIpc) is 2.76. The third-order valence-corrected chi connectivity index (χ3v) is 4.81. The lowest BCUT2D eigenvalue weighted by molar-refractivity contribution is 0.599. The molecule has 0 aliphatic heterocycles. The maximum absolute atomic E-state index is 13.1. The van der Waals surface area contributed by atoms with Crippen LogP contribution in [0.3, 0.4) is 0 Å². The molecule has 10 heteroatoms. The molecule has 0 fully saturated rings. The summed E-state index contributed by atoms with van der Waals surface area (Å²) < 4.78 is 40.2. The standard InChI is InChI=1S/C11H11Cl2FN4O2S/c1-5-11(9(4-15)17-16-5)21(19,20)18-10-7(12)2-6(14)3-8(10)13/h2-3,18H,4,15H2,1H3,(H,16,17). The lowest BCUT2D eigenvalue weighted by Crippen LogP contribution is -2.17. The molecule has 21 heavy (non-hydrogen) atoms. The minimum atomic E-state index is -4.02. The van der Waals surface area contributed by atoms with E-state index in [2.05, 4.69) is 14.9 Å². The zero-order valence-electron chi connectivity index (χ0n) is 10.7. The Hall–Kier alpha value is -1.35. The van der Waals surface area contributed by atoms with Crippen molar-refractivity contribution in [3.05, 3.63) is 39.4 Å². The third-order valence-electron chi connectivity index (χ3n) is 2.67. The minimum absolute atomic E-state index is 0.0640. The van der Waals surface area contributed by atoms with Gasteiger partial charge >= 0.3 is 0 Å². The van der Waals surface area contributed by atoms with Crippen LogP contribution in [0.4, 0.5) is 10.1 Å². The van der Waals surface area contributed by atoms with Crippen molar-refractivity contribution in [3.63, 3.8) is 0 Å². The summed E-state index contributed by atoms with van der Waals surface area (Å²) >= 11 is 11.6. The predicted octanol–water partition coefficient (Wildman–Crippen LogP) is 2.42. The maximum atomic E-state index is 13.1. The molecular weight excluding hydrogens is 342 g/mol. The number of sulfonamides is 1. The normalized spacial score (nSPS) is 11.7. The molecule has 0 aliphatic rings. The van der Waals surface area contributed by atoms with Gasteiger partial charge in [0.1, 0.15) is 10.7 Å². The van der Waals surface area contributed by atoms with Gasteiger partial charge in [0.2, 0.25) is 0 Å². The van der Waals surface area contributed by atoms with Crippen LogP contribution in [0, 0.1) is 12.7 Å². The molecule has 0 bridgehead atoms. The second-order valence-corrected chi connectivity index (χ2v) is 6.61. The van der Waals surface area contributed by atoms with Crippen molar-refractivity contribution in [3.8, 4) is 0 Å². The molecule has 0 aliphatic carbocycles. The molecule has 114 valence electrons. The highest BCUT2D eigenvalue weighted by Crippen LogP contribution is 2.33. The Morgan fingerprint density at radius 3 is 2.48 bits per heavy atom. The number of nitrogens with one attached hydrogen (secondary N) is 2. The number of aromatic amines is 1. The van der Waals surface area contributed by atoms with E-state index in [1.807, 2.05) is 0 Å². The number of rotatable bonds is 4. The SMILES string of the molecule is Cc1[nH]nc(CN)c1S(=O)(=O)Nc1c(Cl)cc(F)cc1Cl. The van der Waals surface area contributed by atoms with Crippen LogP contribution >= 0.6 is 23.2 Å². The monoisotopic (exact) mass is 352 g/mol. The van der Waals surface area contributed by atoms with E-state index in [-0.39, 0.29) is 32.9 Å². The minimum Gasteiger partial charge on any atom is -0.325 e. The topological polar surface area (TPSA) is 101 Å².